The molecule has 2 N–H and O–H groups in total. The molecule has 0 aliphatic carbocycles. The highest BCUT2D eigenvalue weighted by atomic mass is 32.1. The van der Waals surface area contributed by atoms with Crippen LogP contribution in [0.3, 0.4) is 0 Å². The number of rotatable bonds is 5. The SMILES string of the molecule is CCOC(=O)c1c(NC(=O)CO)sc(C(C)=O)c1C. The van der Waals surface area contributed by atoms with Crippen molar-refractivity contribution in [1.82, 2.24) is 0 Å². The van der Waals surface area contributed by atoms with E-state index in [1.165, 1.54) is 6.92 Å². The number of hydrogen-bond donors (Lipinski definition) is 2. The number of anilines is 1. The van der Waals surface area contributed by atoms with Gasteiger partial charge in [0.05, 0.1) is 17.0 Å². The molecule has 104 valence electrons. The highest BCUT2D eigenvalue weighted by Gasteiger charge is 2.24. The van der Waals surface area contributed by atoms with E-state index in [1.54, 1.807) is 13.8 Å². The van der Waals surface area contributed by atoms with E-state index in [0.29, 0.717) is 10.4 Å². The van der Waals surface area contributed by atoms with E-state index in [0.717, 1.165) is 11.3 Å². The molecule has 1 heterocycles. The van der Waals surface area contributed by atoms with E-state index in [2.05, 4.69) is 5.32 Å². The molecule has 1 aromatic rings. The molecule has 0 saturated heterocycles. The lowest BCUT2D eigenvalue weighted by Crippen LogP contribution is -2.17. The van der Waals surface area contributed by atoms with E-state index in [-0.39, 0.29) is 23.0 Å². The molecule has 0 fully saturated rings. The molecule has 1 amide bonds. The van der Waals surface area contributed by atoms with Crippen LogP contribution in [-0.4, -0.2) is 36.0 Å². The van der Waals surface area contributed by atoms with Crippen LogP contribution in [-0.2, 0) is 9.53 Å². The average Bonchev–Trinajstić information content (AvgIpc) is 2.66. The van der Waals surface area contributed by atoms with Gasteiger partial charge in [0.25, 0.3) is 5.91 Å². The third kappa shape index (κ3) is 3.39. The van der Waals surface area contributed by atoms with E-state index in [1.807, 2.05) is 0 Å². The zero-order chi connectivity index (χ0) is 14.6. The molecule has 6 nitrogen and oxygen atoms in total. The number of nitrogens with one attached hydrogen (secondary N) is 1. The lowest BCUT2D eigenvalue weighted by atomic mass is 10.1. The van der Waals surface area contributed by atoms with Crippen LogP contribution in [0, 0.1) is 6.92 Å². The van der Waals surface area contributed by atoms with Gasteiger partial charge in [-0.3, -0.25) is 9.59 Å². The number of esters is 1. The summed E-state index contributed by atoms with van der Waals surface area (Å²) in [5, 5.41) is 11.3. The topological polar surface area (TPSA) is 92.7 Å². The monoisotopic (exact) mass is 285 g/mol. The summed E-state index contributed by atoms with van der Waals surface area (Å²) in [5.74, 6) is -1.45. The zero-order valence-corrected chi connectivity index (χ0v) is 11.7. The number of aliphatic hydroxyl groups excluding tert-OH is 1. The van der Waals surface area contributed by atoms with Gasteiger partial charge in [-0.15, -0.1) is 11.3 Å². The summed E-state index contributed by atoms with van der Waals surface area (Å²) in [4.78, 5) is 34.9. The van der Waals surface area contributed by atoms with Crippen molar-refractivity contribution in [1.29, 1.82) is 0 Å². The maximum absolute atomic E-state index is 11.9. The van der Waals surface area contributed by atoms with E-state index in [4.69, 9.17) is 9.84 Å². The van der Waals surface area contributed by atoms with E-state index in [9.17, 15) is 14.4 Å². The molecule has 0 bridgehead atoms. The van der Waals surface area contributed by atoms with Crippen molar-refractivity contribution in [2.75, 3.05) is 18.5 Å². The molecule has 0 aliphatic rings. The maximum atomic E-state index is 11.9. The molecule has 7 heteroatoms. The lowest BCUT2D eigenvalue weighted by molar-refractivity contribution is -0.118. The number of amides is 1. The summed E-state index contributed by atoms with van der Waals surface area (Å²) in [6, 6.07) is 0. The van der Waals surface area contributed by atoms with Gasteiger partial charge in [-0.25, -0.2) is 4.79 Å². The van der Waals surface area contributed by atoms with Crippen LogP contribution < -0.4 is 5.32 Å². The first-order valence-electron chi connectivity index (χ1n) is 5.64. The number of carbonyl (C=O) groups excluding carboxylic acids is 3. The zero-order valence-electron chi connectivity index (χ0n) is 10.9. The summed E-state index contributed by atoms with van der Waals surface area (Å²) < 4.78 is 4.90. The van der Waals surface area contributed by atoms with Gasteiger partial charge >= 0.3 is 5.97 Å². The summed E-state index contributed by atoms with van der Waals surface area (Å²) in [5.41, 5.74) is 0.642. The van der Waals surface area contributed by atoms with Crippen LogP contribution in [0.2, 0.25) is 0 Å². The van der Waals surface area contributed by atoms with Crippen LogP contribution in [0.15, 0.2) is 0 Å². The molecule has 0 spiro atoms. The predicted octanol–water partition coefficient (Wildman–Crippen LogP) is 1.37. The summed E-state index contributed by atoms with van der Waals surface area (Å²) in [6.07, 6.45) is 0. The summed E-state index contributed by atoms with van der Waals surface area (Å²) in [7, 11) is 0. The minimum Gasteiger partial charge on any atom is -0.462 e. The predicted molar refractivity (Wildman–Crippen MR) is 70.7 cm³/mol. The standard InChI is InChI=1S/C12H15NO5S/c1-4-18-12(17)9-6(2)10(7(3)15)19-11(9)13-8(16)5-14/h14H,4-5H2,1-3H3,(H,13,16). The highest BCUT2D eigenvalue weighted by molar-refractivity contribution is 7.18. The molecule has 1 aromatic heterocycles. The van der Waals surface area contributed by atoms with Crippen LogP contribution in [0.25, 0.3) is 0 Å². The average molecular weight is 285 g/mol. The minimum atomic E-state index is -0.700. The Balaban J connectivity index is 3.26. The fraction of sp³-hybridized carbons (Fsp3) is 0.417. The number of aliphatic hydroxyl groups is 1. The summed E-state index contributed by atoms with van der Waals surface area (Å²) >= 11 is 0.999. The Morgan fingerprint density at radius 3 is 2.47 bits per heavy atom. The van der Waals surface area contributed by atoms with Crippen molar-refractivity contribution in [2.45, 2.75) is 20.8 Å². The molecule has 0 aromatic carbocycles. The van der Waals surface area contributed by atoms with Crippen molar-refractivity contribution < 1.29 is 24.2 Å². The fourth-order valence-corrected chi connectivity index (χ4v) is 2.66. The molecule has 1 rings (SSSR count). The third-order valence-electron chi connectivity index (χ3n) is 2.34. The smallest absolute Gasteiger partial charge is 0.341 e. The van der Waals surface area contributed by atoms with Crippen molar-refractivity contribution in [3.63, 3.8) is 0 Å². The van der Waals surface area contributed by atoms with Crippen molar-refractivity contribution >= 4 is 34.0 Å². The number of hydrogen-bond acceptors (Lipinski definition) is 6. The number of Topliss-reactive ketones (excluding diaryl/α,β-unsaturated/α-hetero) is 1. The van der Waals surface area contributed by atoms with Gasteiger partial charge in [0.15, 0.2) is 5.78 Å². The molecule has 0 atom stereocenters. The molecule has 0 unspecified atom stereocenters. The van der Waals surface area contributed by atoms with Crippen molar-refractivity contribution in [2.24, 2.45) is 0 Å². The largest absolute Gasteiger partial charge is 0.462 e. The maximum Gasteiger partial charge on any atom is 0.341 e. The molecule has 0 saturated carbocycles. The number of carbonyl (C=O) groups is 3. The van der Waals surface area contributed by atoms with E-state index >= 15 is 0 Å². The first kappa shape index (κ1) is 15.3. The Morgan fingerprint density at radius 1 is 1.37 bits per heavy atom. The van der Waals surface area contributed by atoms with E-state index < -0.39 is 18.5 Å². The van der Waals surface area contributed by atoms with Gasteiger partial charge < -0.3 is 15.2 Å². The number of thiophene rings is 1. The Bertz CT molecular complexity index is 520. The highest BCUT2D eigenvalue weighted by Crippen LogP contribution is 2.33. The second-order valence-corrected chi connectivity index (χ2v) is 4.76. The molecular formula is C12H15NO5S. The second kappa shape index (κ2) is 6.44. The van der Waals surface area contributed by atoms with Crippen LogP contribution >= 0.6 is 11.3 Å². The Kier molecular flexibility index (Phi) is 5.20. The van der Waals surface area contributed by atoms with Crippen molar-refractivity contribution in [3.05, 3.63) is 16.0 Å². The molecule has 19 heavy (non-hydrogen) atoms. The minimum absolute atomic E-state index is 0.166. The van der Waals surface area contributed by atoms with Gasteiger partial charge in [0, 0.05) is 0 Å². The molecule has 0 aliphatic heterocycles. The van der Waals surface area contributed by atoms with Crippen LogP contribution in [0.1, 0.15) is 39.4 Å². The quantitative estimate of drug-likeness (QED) is 0.629. The normalized spacial score (nSPS) is 10.1. The first-order valence-corrected chi connectivity index (χ1v) is 6.46. The fourth-order valence-electron chi connectivity index (χ4n) is 1.55. The second-order valence-electron chi connectivity index (χ2n) is 3.74. The Hall–Kier alpha value is -1.73. The van der Waals surface area contributed by atoms with Gasteiger partial charge in [-0.2, -0.15) is 0 Å². The number of ether oxygens (including phenoxy) is 1. The lowest BCUT2D eigenvalue weighted by Gasteiger charge is -2.05. The molecule has 0 radical (unpaired) electrons. The first-order chi connectivity index (χ1) is 8.92. The van der Waals surface area contributed by atoms with Crippen LogP contribution in [0.5, 0.6) is 0 Å². The Labute approximate surface area is 114 Å². The van der Waals surface area contributed by atoms with Gasteiger partial charge in [-0.05, 0) is 26.3 Å². The Morgan fingerprint density at radius 2 is 2.00 bits per heavy atom. The molecular weight excluding hydrogens is 270 g/mol. The third-order valence-corrected chi connectivity index (χ3v) is 3.65. The van der Waals surface area contributed by atoms with Gasteiger partial charge in [-0.1, -0.05) is 0 Å². The number of ketones is 1. The van der Waals surface area contributed by atoms with Gasteiger partial charge in [0.2, 0.25) is 0 Å². The van der Waals surface area contributed by atoms with Crippen LogP contribution in [0.4, 0.5) is 5.00 Å². The van der Waals surface area contributed by atoms with Gasteiger partial charge in [0.1, 0.15) is 11.6 Å². The van der Waals surface area contributed by atoms with Crippen molar-refractivity contribution in [3.8, 4) is 0 Å². The summed E-state index contributed by atoms with van der Waals surface area (Å²) in [6.45, 7) is 4.16.